The van der Waals surface area contributed by atoms with Crippen LogP contribution in [-0.4, -0.2) is 67.8 Å². The van der Waals surface area contributed by atoms with Gasteiger partial charge in [0.05, 0.1) is 11.9 Å². The number of hydrogen-bond donors (Lipinski definition) is 0. The minimum atomic E-state index is -3.19. The quantitative estimate of drug-likeness (QED) is 0.782. The summed E-state index contributed by atoms with van der Waals surface area (Å²) >= 11 is 0. The molecule has 0 saturated carbocycles. The van der Waals surface area contributed by atoms with Gasteiger partial charge in [0, 0.05) is 31.8 Å². The first-order valence-corrected chi connectivity index (χ1v) is 9.52. The second-order valence-electron chi connectivity index (χ2n) is 6.48. The molecule has 0 amide bonds. The minimum absolute atomic E-state index is 0.0949. The number of piperazine rings is 1. The molecule has 3 rings (SSSR count). The molecular formula is C14H26N2O3S. The van der Waals surface area contributed by atoms with E-state index < -0.39 is 10.0 Å². The molecule has 3 atom stereocenters. The molecule has 0 aromatic heterocycles. The lowest BCUT2D eigenvalue weighted by Crippen LogP contribution is -2.57. The van der Waals surface area contributed by atoms with E-state index in [1.54, 1.807) is 4.31 Å². The summed E-state index contributed by atoms with van der Waals surface area (Å²) in [7, 11) is -3.19. The zero-order valence-electron chi connectivity index (χ0n) is 12.3. The van der Waals surface area contributed by atoms with Crippen LogP contribution >= 0.6 is 0 Å². The molecule has 0 spiro atoms. The highest BCUT2D eigenvalue weighted by molar-refractivity contribution is 7.89. The predicted octanol–water partition coefficient (Wildman–Crippen LogP) is 1.05. The van der Waals surface area contributed by atoms with Gasteiger partial charge in [0.25, 0.3) is 0 Å². The van der Waals surface area contributed by atoms with Crippen LogP contribution in [0.25, 0.3) is 0 Å². The van der Waals surface area contributed by atoms with Crippen LogP contribution in [0.15, 0.2) is 0 Å². The Morgan fingerprint density at radius 3 is 2.75 bits per heavy atom. The molecule has 0 bridgehead atoms. The second kappa shape index (κ2) is 5.91. The SMILES string of the molecule is C[C@@H]1CN2CCC[C@@H]2CN1S(=O)(=O)C[C@H]1CCCCO1. The Labute approximate surface area is 122 Å². The average molecular weight is 302 g/mol. The number of fused-ring (bicyclic) bond motifs is 1. The van der Waals surface area contributed by atoms with Gasteiger partial charge >= 0.3 is 0 Å². The van der Waals surface area contributed by atoms with Crippen molar-refractivity contribution >= 4 is 10.0 Å². The third-order valence-electron chi connectivity index (χ3n) is 4.91. The van der Waals surface area contributed by atoms with Crippen LogP contribution < -0.4 is 0 Å². The van der Waals surface area contributed by atoms with Gasteiger partial charge in [-0.25, -0.2) is 8.42 Å². The van der Waals surface area contributed by atoms with E-state index >= 15 is 0 Å². The molecule has 0 radical (unpaired) electrons. The Bertz CT molecular complexity index is 434. The summed E-state index contributed by atoms with van der Waals surface area (Å²) < 4.78 is 32.7. The van der Waals surface area contributed by atoms with Gasteiger partial charge in [-0.05, 0) is 45.6 Å². The Morgan fingerprint density at radius 1 is 1.15 bits per heavy atom. The third-order valence-corrected chi connectivity index (χ3v) is 6.92. The van der Waals surface area contributed by atoms with Gasteiger partial charge in [0.15, 0.2) is 0 Å². The van der Waals surface area contributed by atoms with Gasteiger partial charge in [0.1, 0.15) is 0 Å². The number of hydrogen-bond acceptors (Lipinski definition) is 4. The van der Waals surface area contributed by atoms with Crippen molar-refractivity contribution in [2.24, 2.45) is 0 Å². The highest BCUT2D eigenvalue weighted by atomic mass is 32.2. The molecule has 20 heavy (non-hydrogen) atoms. The van der Waals surface area contributed by atoms with Crippen LogP contribution in [0.2, 0.25) is 0 Å². The zero-order valence-corrected chi connectivity index (χ0v) is 13.1. The fourth-order valence-corrected chi connectivity index (χ4v) is 5.76. The molecule has 3 fully saturated rings. The Balaban J connectivity index is 1.66. The molecule has 3 aliphatic rings. The van der Waals surface area contributed by atoms with Crippen LogP contribution in [0.1, 0.15) is 39.0 Å². The number of ether oxygens (including phenoxy) is 1. The summed E-state index contributed by atoms with van der Waals surface area (Å²) in [6.07, 6.45) is 5.29. The maximum absolute atomic E-state index is 12.7. The fraction of sp³-hybridized carbons (Fsp3) is 1.00. The first-order chi connectivity index (χ1) is 9.56. The molecule has 3 saturated heterocycles. The van der Waals surface area contributed by atoms with Gasteiger partial charge < -0.3 is 4.74 Å². The van der Waals surface area contributed by atoms with Crippen LogP contribution in [0.5, 0.6) is 0 Å². The standard InChI is InChI=1S/C14H26N2O3S/c1-12-9-15-7-4-5-13(15)10-16(12)20(17,18)11-14-6-2-3-8-19-14/h12-14H,2-11H2,1H3/t12-,13-,14-/m1/s1. The van der Waals surface area contributed by atoms with Crippen molar-refractivity contribution in [1.82, 2.24) is 9.21 Å². The minimum Gasteiger partial charge on any atom is -0.377 e. The van der Waals surface area contributed by atoms with Gasteiger partial charge in [0.2, 0.25) is 10.0 Å². The van der Waals surface area contributed by atoms with E-state index in [0.717, 1.165) is 38.8 Å². The van der Waals surface area contributed by atoms with Crippen LogP contribution in [0.3, 0.4) is 0 Å². The van der Waals surface area contributed by atoms with Crippen molar-refractivity contribution < 1.29 is 13.2 Å². The summed E-state index contributed by atoms with van der Waals surface area (Å²) in [5.41, 5.74) is 0. The Kier molecular flexibility index (Phi) is 4.36. The number of rotatable bonds is 3. The van der Waals surface area contributed by atoms with E-state index in [1.165, 1.54) is 6.42 Å². The number of nitrogens with zero attached hydrogens (tertiary/aromatic N) is 2. The lowest BCUT2D eigenvalue weighted by molar-refractivity contribution is 0.0289. The summed E-state index contributed by atoms with van der Waals surface area (Å²) in [6.45, 7) is 5.44. The fourth-order valence-electron chi connectivity index (χ4n) is 3.82. The van der Waals surface area contributed by atoms with E-state index in [0.29, 0.717) is 19.2 Å². The zero-order chi connectivity index (χ0) is 14.2. The second-order valence-corrected chi connectivity index (χ2v) is 8.44. The monoisotopic (exact) mass is 302 g/mol. The smallest absolute Gasteiger partial charge is 0.217 e. The third kappa shape index (κ3) is 3.03. The van der Waals surface area contributed by atoms with Crippen LogP contribution in [0.4, 0.5) is 0 Å². The van der Waals surface area contributed by atoms with E-state index in [-0.39, 0.29) is 17.9 Å². The first kappa shape index (κ1) is 14.8. The first-order valence-electron chi connectivity index (χ1n) is 7.91. The largest absolute Gasteiger partial charge is 0.377 e. The van der Waals surface area contributed by atoms with Crippen molar-refractivity contribution in [2.45, 2.75) is 57.2 Å². The summed E-state index contributed by atoms with van der Waals surface area (Å²) in [4.78, 5) is 2.45. The average Bonchev–Trinajstić information content (AvgIpc) is 2.85. The van der Waals surface area contributed by atoms with Gasteiger partial charge in [-0.15, -0.1) is 0 Å². The molecule has 6 heteroatoms. The van der Waals surface area contributed by atoms with Crippen molar-refractivity contribution in [3.8, 4) is 0 Å². The van der Waals surface area contributed by atoms with Crippen molar-refractivity contribution in [2.75, 3.05) is 32.0 Å². The van der Waals surface area contributed by atoms with E-state index in [1.807, 2.05) is 6.92 Å². The molecule has 0 aromatic rings. The molecule has 5 nitrogen and oxygen atoms in total. The normalized spacial score (nSPS) is 37.0. The molecule has 0 unspecified atom stereocenters. The van der Waals surface area contributed by atoms with Crippen molar-refractivity contribution in [3.63, 3.8) is 0 Å². The Hall–Kier alpha value is -0.170. The molecule has 0 aliphatic carbocycles. The van der Waals surface area contributed by atoms with Gasteiger partial charge in [-0.2, -0.15) is 4.31 Å². The topological polar surface area (TPSA) is 49.9 Å². The van der Waals surface area contributed by atoms with Gasteiger partial charge in [-0.3, -0.25) is 4.90 Å². The summed E-state index contributed by atoms with van der Waals surface area (Å²) in [6, 6.07) is 0.534. The molecule has 0 aromatic carbocycles. The summed E-state index contributed by atoms with van der Waals surface area (Å²) in [5, 5.41) is 0. The molecule has 0 N–H and O–H groups in total. The number of sulfonamides is 1. The van der Waals surface area contributed by atoms with E-state index in [2.05, 4.69) is 4.90 Å². The van der Waals surface area contributed by atoms with E-state index in [4.69, 9.17) is 4.74 Å². The summed E-state index contributed by atoms with van der Waals surface area (Å²) in [5.74, 6) is 0.171. The van der Waals surface area contributed by atoms with Crippen molar-refractivity contribution in [1.29, 1.82) is 0 Å². The maximum Gasteiger partial charge on any atom is 0.217 e. The molecule has 116 valence electrons. The van der Waals surface area contributed by atoms with Gasteiger partial charge in [-0.1, -0.05) is 0 Å². The lowest BCUT2D eigenvalue weighted by atomic mass is 10.1. The van der Waals surface area contributed by atoms with Crippen LogP contribution in [0, 0.1) is 0 Å². The highest BCUT2D eigenvalue weighted by Gasteiger charge is 2.40. The van der Waals surface area contributed by atoms with Crippen molar-refractivity contribution in [3.05, 3.63) is 0 Å². The molecule has 3 heterocycles. The molecule has 3 aliphatic heterocycles. The molecular weight excluding hydrogens is 276 g/mol. The lowest BCUT2D eigenvalue weighted by Gasteiger charge is -2.41. The van der Waals surface area contributed by atoms with Crippen LogP contribution in [-0.2, 0) is 14.8 Å². The van der Waals surface area contributed by atoms with E-state index in [9.17, 15) is 8.42 Å². The predicted molar refractivity (Wildman–Crippen MR) is 78.1 cm³/mol. The highest BCUT2D eigenvalue weighted by Crippen LogP contribution is 2.27. The Morgan fingerprint density at radius 2 is 2.00 bits per heavy atom. The maximum atomic E-state index is 12.7.